The van der Waals surface area contributed by atoms with Gasteiger partial charge in [-0.15, -0.1) is 0 Å². The van der Waals surface area contributed by atoms with E-state index in [4.69, 9.17) is 5.11 Å². The molecule has 0 radical (unpaired) electrons. The predicted octanol–water partition coefficient (Wildman–Crippen LogP) is -0.271. The largest absolute Gasteiger partial charge is 0.396 e. The Labute approximate surface area is 62.1 Å². The Bertz CT molecular complexity index is 78.2. The van der Waals surface area contributed by atoms with Crippen molar-refractivity contribution in [1.82, 2.24) is 5.32 Å². The molecule has 0 aromatic rings. The van der Waals surface area contributed by atoms with E-state index in [1.165, 1.54) is 0 Å². The maximum Gasteiger partial charge on any atom is 0.0715 e. The smallest absolute Gasteiger partial charge is 0.0715 e. The molecule has 10 heavy (non-hydrogen) atoms. The molecule has 0 fully saturated rings. The van der Waals surface area contributed by atoms with Crippen molar-refractivity contribution in [1.29, 1.82) is 0 Å². The van der Waals surface area contributed by atoms with Gasteiger partial charge >= 0.3 is 0 Å². The molecule has 3 heteroatoms. The van der Waals surface area contributed by atoms with Crippen LogP contribution >= 0.6 is 0 Å². The Morgan fingerprint density at radius 3 is 2.40 bits per heavy atom. The molecule has 0 bridgehead atoms. The SMILES string of the molecule is CC(C)(O)CNCCCO. The topological polar surface area (TPSA) is 52.5 Å². The number of hydrogen-bond acceptors (Lipinski definition) is 3. The van der Waals surface area contributed by atoms with Gasteiger partial charge in [-0.05, 0) is 26.8 Å². The molecule has 0 saturated heterocycles. The second-order valence-corrected chi connectivity index (χ2v) is 3.07. The lowest BCUT2D eigenvalue weighted by molar-refractivity contribution is 0.0794. The number of aliphatic hydroxyl groups is 2. The van der Waals surface area contributed by atoms with Crippen LogP contribution in [0.4, 0.5) is 0 Å². The molecule has 0 rings (SSSR count). The number of rotatable bonds is 5. The quantitative estimate of drug-likeness (QED) is 0.469. The Balaban J connectivity index is 3.04. The van der Waals surface area contributed by atoms with Gasteiger partial charge in [-0.25, -0.2) is 0 Å². The molecule has 0 saturated carbocycles. The van der Waals surface area contributed by atoms with Crippen LogP contribution in [-0.4, -0.2) is 35.5 Å². The third kappa shape index (κ3) is 7.88. The van der Waals surface area contributed by atoms with E-state index in [1.807, 2.05) is 0 Å². The van der Waals surface area contributed by atoms with Crippen molar-refractivity contribution in [3.05, 3.63) is 0 Å². The minimum atomic E-state index is -0.643. The van der Waals surface area contributed by atoms with Crippen LogP contribution in [0.5, 0.6) is 0 Å². The average molecular weight is 147 g/mol. The molecule has 0 aliphatic rings. The minimum Gasteiger partial charge on any atom is -0.396 e. The number of aliphatic hydroxyl groups excluding tert-OH is 1. The molecule has 0 spiro atoms. The first-order valence-corrected chi connectivity index (χ1v) is 3.60. The van der Waals surface area contributed by atoms with Gasteiger partial charge in [0.25, 0.3) is 0 Å². The van der Waals surface area contributed by atoms with Gasteiger partial charge in [0, 0.05) is 13.2 Å². The van der Waals surface area contributed by atoms with Crippen molar-refractivity contribution >= 4 is 0 Å². The summed E-state index contributed by atoms with van der Waals surface area (Å²) < 4.78 is 0. The fourth-order valence-electron chi connectivity index (χ4n) is 0.598. The van der Waals surface area contributed by atoms with Crippen molar-refractivity contribution in [2.45, 2.75) is 25.9 Å². The van der Waals surface area contributed by atoms with Crippen LogP contribution in [-0.2, 0) is 0 Å². The molecule has 0 aliphatic carbocycles. The molecule has 3 N–H and O–H groups in total. The standard InChI is InChI=1S/C7H17NO2/c1-7(2,10)6-8-4-3-5-9/h8-10H,3-6H2,1-2H3. The van der Waals surface area contributed by atoms with Gasteiger partial charge in [-0.1, -0.05) is 0 Å². The van der Waals surface area contributed by atoms with Crippen molar-refractivity contribution < 1.29 is 10.2 Å². The normalized spacial score (nSPS) is 12.0. The van der Waals surface area contributed by atoms with Crippen molar-refractivity contribution in [2.24, 2.45) is 0 Å². The van der Waals surface area contributed by atoms with E-state index >= 15 is 0 Å². The Morgan fingerprint density at radius 2 is 2.00 bits per heavy atom. The third-order valence-corrected chi connectivity index (χ3v) is 1.07. The highest BCUT2D eigenvalue weighted by Crippen LogP contribution is 1.96. The molecule has 0 aromatic carbocycles. The van der Waals surface area contributed by atoms with Gasteiger partial charge in [0.15, 0.2) is 0 Å². The third-order valence-electron chi connectivity index (χ3n) is 1.07. The van der Waals surface area contributed by atoms with Gasteiger partial charge in [0.2, 0.25) is 0 Å². The van der Waals surface area contributed by atoms with E-state index in [-0.39, 0.29) is 6.61 Å². The predicted molar refractivity (Wildman–Crippen MR) is 40.9 cm³/mol. The van der Waals surface area contributed by atoms with E-state index in [2.05, 4.69) is 5.32 Å². The van der Waals surface area contributed by atoms with Crippen LogP contribution in [0.25, 0.3) is 0 Å². The summed E-state index contributed by atoms with van der Waals surface area (Å²) in [5.74, 6) is 0. The highest BCUT2D eigenvalue weighted by atomic mass is 16.3. The molecule has 0 heterocycles. The zero-order valence-electron chi connectivity index (χ0n) is 6.72. The van der Waals surface area contributed by atoms with E-state index in [1.54, 1.807) is 13.8 Å². The first-order chi connectivity index (χ1) is 4.56. The van der Waals surface area contributed by atoms with Crippen LogP contribution in [0.1, 0.15) is 20.3 Å². The van der Waals surface area contributed by atoms with E-state index < -0.39 is 5.60 Å². The summed E-state index contributed by atoms with van der Waals surface area (Å²) in [7, 11) is 0. The molecular weight excluding hydrogens is 130 g/mol. The van der Waals surface area contributed by atoms with E-state index in [0.717, 1.165) is 13.0 Å². The second kappa shape index (κ2) is 4.66. The van der Waals surface area contributed by atoms with Crippen LogP contribution in [0.15, 0.2) is 0 Å². The molecule has 0 unspecified atom stereocenters. The van der Waals surface area contributed by atoms with Crippen LogP contribution < -0.4 is 5.32 Å². The number of hydrogen-bond donors (Lipinski definition) is 3. The van der Waals surface area contributed by atoms with Gasteiger partial charge in [-0.2, -0.15) is 0 Å². The summed E-state index contributed by atoms with van der Waals surface area (Å²) in [6.45, 7) is 5.05. The summed E-state index contributed by atoms with van der Waals surface area (Å²) in [5, 5.41) is 20.6. The summed E-state index contributed by atoms with van der Waals surface area (Å²) in [4.78, 5) is 0. The molecule has 0 aliphatic heterocycles. The first-order valence-electron chi connectivity index (χ1n) is 3.60. The van der Waals surface area contributed by atoms with Gasteiger partial charge in [0.05, 0.1) is 5.60 Å². The van der Waals surface area contributed by atoms with Crippen LogP contribution in [0.3, 0.4) is 0 Å². The Kier molecular flexibility index (Phi) is 4.60. The maximum absolute atomic E-state index is 9.19. The van der Waals surface area contributed by atoms with Crippen molar-refractivity contribution in [2.75, 3.05) is 19.7 Å². The zero-order valence-corrected chi connectivity index (χ0v) is 6.72. The monoisotopic (exact) mass is 147 g/mol. The average Bonchev–Trinajstić information content (AvgIpc) is 1.78. The highest BCUT2D eigenvalue weighted by molar-refractivity contribution is 4.67. The lowest BCUT2D eigenvalue weighted by Gasteiger charge is -2.17. The van der Waals surface area contributed by atoms with Gasteiger partial charge < -0.3 is 15.5 Å². The minimum absolute atomic E-state index is 0.207. The maximum atomic E-state index is 9.19. The highest BCUT2D eigenvalue weighted by Gasteiger charge is 2.09. The lowest BCUT2D eigenvalue weighted by Crippen LogP contribution is -2.35. The Morgan fingerprint density at radius 1 is 1.40 bits per heavy atom. The summed E-state index contributed by atoms with van der Waals surface area (Å²) in [6.07, 6.45) is 0.746. The first kappa shape index (κ1) is 9.88. The second-order valence-electron chi connectivity index (χ2n) is 3.07. The zero-order chi connectivity index (χ0) is 8.04. The summed E-state index contributed by atoms with van der Waals surface area (Å²) in [6, 6.07) is 0. The molecule has 0 amide bonds. The lowest BCUT2D eigenvalue weighted by atomic mass is 10.1. The molecule has 0 atom stereocenters. The van der Waals surface area contributed by atoms with Crippen LogP contribution in [0.2, 0.25) is 0 Å². The van der Waals surface area contributed by atoms with Crippen LogP contribution in [0, 0.1) is 0 Å². The fraction of sp³-hybridized carbons (Fsp3) is 1.00. The molecular formula is C7H17NO2. The van der Waals surface area contributed by atoms with Crippen molar-refractivity contribution in [3.8, 4) is 0 Å². The fourth-order valence-corrected chi connectivity index (χ4v) is 0.598. The summed E-state index contributed by atoms with van der Waals surface area (Å²) >= 11 is 0. The van der Waals surface area contributed by atoms with Gasteiger partial charge in [0.1, 0.15) is 0 Å². The van der Waals surface area contributed by atoms with Gasteiger partial charge in [-0.3, -0.25) is 0 Å². The summed E-state index contributed by atoms with van der Waals surface area (Å²) in [5.41, 5.74) is -0.643. The molecule has 0 aromatic heterocycles. The molecule has 62 valence electrons. The number of nitrogens with one attached hydrogen (secondary N) is 1. The Hall–Kier alpha value is -0.120. The van der Waals surface area contributed by atoms with E-state index in [0.29, 0.717) is 6.54 Å². The van der Waals surface area contributed by atoms with E-state index in [9.17, 15) is 5.11 Å². The molecule has 3 nitrogen and oxygen atoms in total. The van der Waals surface area contributed by atoms with Crippen molar-refractivity contribution in [3.63, 3.8) is 0 Å².